The molecule has 0 radical (unpaired) electrons. The summed E-state index contributed by atoms with van der Waals surface area (Å²) in [4.78, 5) is 0. The number of sulfone groups is 1. The second-order valence-corrected chi connectivity index (χ2v) is 11.1. The van der Waals surface area contributed by atoms with Crippen LogP contribution in [0.5, 0.6) is 5.75 Å². The SMILES string of the molecule is O=S1(=O)CCC(CCS(=O)(=O)N2CC(Oc3cccc(Cl)c3)C2)C1. The van der Waals surface area contributed by atoms with Crippen LogP contribution in [-0.2, 0) is 19.9 Å². The maximum atomic E-state index is 12.3. The summed E-state index contributed by atoms with van der Waals surface area (Å²) < 4.78 is 54.5. The molecule has 2 fully saturated rings. The Hall–Kier alpha value is -0.830. The molecule has 2 heterocycles. The van der Waals surface area contributed by atoms with Crippen LogP contribution in [0.2, 0.25) is 5.02 Å². The van der Waals surface area contributed by atoms with Crippen LogP contribution >= 0.6 is 11.6 Å². The summed E-state index contributed by atoms with van der Waals surface area (Å²) in [6.07, 6.45) is 0.793. The minimum absolute atomic E-state index is 0.00290. The summed E-state index contributed by atoms with van der Waals surface area (Å²) in [5.41, 5.74) is 0. The number of benzene rings is 1. The Balaban J connectivity index is 1.46. The van der Waals surface area contributed by atoms with Gasteiger partial charge in [-0.05, 0) is 37.0 Å². The first-order chi connectivity index (χ1) is 11.2. The highest BCUT2D eigenvalue weighted by atomic mass is 35.5. The van der Waals surface area contributed by atoms with Crippen LogP contribution < -0.4 is 4.74 Å². The molecular formula is C15H20ClNO5S2. The normalized spacial score (nSPS) is 24.6. The average Bonchev–Trinajstić information content (AvgIpc) is 2.80. The number of nitrogens with zero attached hydrogens (tertiary/aromatic N) is 1. The van der Waals surface area contributed by atoms with Crippen LogP contribution in [0.4, 0.5) is 0 Å². The van der Waals surface area contributed by atoms with Crippen LogP contribution in [0.3, 0.4) is 0 Å². The van der Waals surface area contributed by atoms with Gasteiger partial charge in [0.1, 0.15) is 11.9 Å². The molecule has 2 saturated heterocycles. The first-order valence-electron chi connectivity index (χ1n) is 7.84. The number of sulfonamides is 1. The smallest absolute Gasteiger partial charge is 0.214 e. The fraction of sp³-hybridized carbons (Fsp3) is 0.600. The molecule has 2 aliphatic heterocycles. The van der Waals surface area contributed by atoms with E-state index in [1.165, 1.54) is 4.31 Å². The van der Waals surface area contributed by atoms with Crippen molar-refractivity contribution in [2.75, 3.05) is 30.3 Å². The molecule has 0 N–H and O–H groups in total. The minimum atomic E-state index is -3.35. The van der Waals surface area contributed by atoms with Gasteiger partial charge in [-0.3, -0.25) is 0 Å². The molecule has 6 nitrogen and oxygen atoms in total. The Labute approximate surface area is 147 Å². The van der Waals surface area contributed by atoms with E-state index in [1.54, 1.807) is 24.3 Å². The van der Waals surface area contributed by atoms with Gasteiger partial charge in [0.15, 0.2) is 9.84 Å². The molecule has 1 unspecified atom stereocenters. The maximum absolute atomic E-state index is 12.3. The molecule has 24 heavy (non-hydrogen) atoms. The van der Waals surface area contributed by atoms with Gasteiger partial charge in [-0.25, -0.2) is 16.8 Å². The van der Waals surface area contributed by atoms with Crippen molar-refractivity contribution in [1.29, 1.82) is 0 Å². The van der Waals surface area contributed by atoms with Gasteiger partial charge < -0.3 is 4.74 Å². The van der Waals surface area contributed by atoms with E-state index < -0.39 is 19.9 Å². The molecule has 1 aromatic carbocycles. The molecule has 1 aromatic rings. The van der Waals surface area contributed by atoms with Gasteiger partial charge in [0.25, 0.3) is 0 Å². The highest BCUT2D eigenvalue weighted by Crippen LogP contribution is 2.26. The van der Waals surface area contributed by atoms with Crippen molar-refractivity contribution in [3.63, 3.8) is 0 Å². The first-order valence-corrected chi connectivity index (χ1v) is 11.6. The Morgan fingerprint density at radius 2 is 2.04 bits per heavy atom. The zero-order valence-electron chi connectivity index (χ0n) is 13.1. The highest BCUT2D eigenvalue weighted by molar-refractivity contribution is 7.91. The van der Waals surface area contributed by atoms with Crippen molar-refractivity contribution in [1.82, 2.24) is 4.31 Å². The summed E-state index contributed by atoms with van der Waals surface area (Å²) in [5.74, 6) is 0.877. The lowest BCUT2D eigenvalue weighted by Gasteiger charge is -2.38. The third-order valence-electron chi connectivity index (χ3n) is 4.42. The fourth-order valence-corrected chi connectivity index (χ4v) is 6.75. The van der Waals surface area contributed by atoms with Crippen molar-refractivity contribution >= 4 is 31.5 Å². The van der Waals surface area contributed by atoms with Crippen molar-refractivity contribution in [2.24, 2.45) is 5.92 Å². The molecule has 0 aromatic heterocycles. The third kappa shape index (κ3) is 4.41. The van der Waals surface area contributed by atoms with Gasteiger partial charge in [0.2, 0.25) is 10.0 Å². The molecule has 0 saturated carbocycles. The third-order valence-corrected chi connectivity index (χ3v) is 8.33. The Kier molecular flexibility index (Phi) is 5.11. The first kappa shape index (κ1) is 18.0. The molecule has 3 rings (SSSR count). The van der Waals surface area contributed by atoms with E-state index in [9.17, 15) is 16.8 Å². The summed E-state index contributed by atoms with van der Waals surface area (Å²) >= 11 is 5.89. The molecule has 0 aliphatic carbocycles. The van der Waals surface area contributed by atoms with Crippen molar-refractivity contribution in [3.8, 4) is 5.75 Å². The minimum Gasteiger partial charge on any atom is -0.488 e. The van der Waals surface area contributed by atoms with Gasteiger partial charge in [-0.1, -0.05) is 17.7 Å². The van der Waals surface area contributed by atoms with Crippen molar-refractivity contribution in [2.45, 2.75) is 18.9 Å². The zero-order chi connectivity index (χ0) is 17.4. The van der Waals surface area contributed by atoms with E-state index in [4.69, 9.17) is 16.3 Å². The highest BCUT2D eigenvalue weighted by Gasteiger charge is 2.38. The van der Waals surface area contributed by atoms with Crippen LogP contribution in [0.25, 0.3) is 0 Å². The summed E-state index contributed by atoms with van der Waals surface area (Å²) in [5, 5.41) is 0.572. The van der Waals surface area contributed by atoms with Crippen LogP contribution in [0.15, 0.2) is 24.3 Å². The molecular weight excluding hydrogens is 374 g/mol. The molecule has 2 aliphatic rings. The average molecular weight is 394 g/mol. The molecule has 0 bridgehead atoms. The van der Waals surface area contributed by atoms with E-state index in [1.807, 2.05) is 0 Å². The number of hydrogen-bond acceptors (Lipinski definition) is 5. The van der Waals surface area contributed by atoms with E-state index in [0.717, 1.165) is 0 Å². The standard InChI is InChI=1S/C15H20ClNO5S2/c16-13-2-1-3-14(8-13)22-15-9-17(10-15)24(20,21)7-5-12-4-6-23(18,19)11-12/h1-3,8,12,15H,4-7,9-11H2. The molecule has 9 heteroatoms. The Bertz CT molecular complexity index is 803. The van der Waals surface area contributed by atoms with Crippen LogP contribution in [-0.4, -0.2) is 57.6 Å². The molecule has 134 valence electrons. The van der Waals surface area contributed by atoms with Gasteiger partial charge in [0, 0.05) is 5.02 Å². The number of rotatable bonds is 6. The van der Waals surface area contributed by atoms with Gasteiger partial charge >= 0.3 is 0 Å². The van der Waals surface area contributed by atoms with Gasteiger partial charge in [0.05, 0.1) is 30.3 Å². The lowest BCUT2D eigenvalue weighted by atomic mass is 10.1. The molecule has 0 amide bonds. The second kappa shape index (κ2) is 6.82. The summed E-state index contributed by atoms with van der Waals surface area (Å²) in [6, 6.07) is 7.00. The van der Waals surface area contributed by atoms with Gasteiger partial charge in [-0.2, -0.15) is 4.31 Å². The Morgan fingerprint density at radius 3 is 2.67 bits per heavy atom. The topological polar surface area (TPSA) is 80.8 Å². The van der Waals surface area contributed by atoms with Gasteiger partial charge in [-0.15, -0.1) is 0 Å². The monoisotopic (exact) mass is 393 g/mol. The second-order valence-electron chi connectivity index (χ2n) is 6.39. The lowest BCUT2D eigenvalue weighted by Crippen LogP contribution is -2.56. The molecule has 0 spiro atoms. The molecule has 1 atom stereocenters. The van der Waals surface area contributed by atoms with E-state index in [2.05, 4.69) is 0 Å². The van der Waals surface area contributed by atoms with Crippen LogP contribution in [0.1, 0.15) is 12.8 Å². The van der Waals surface area contributed by atoms with E-state index in [-0.39, 0.29) is 29.3 Å². The van der Waals surface area contributed by atoms with Crippen LogP contribution in [0, 0.1) is 5.92 Å². The van der Waals surface area contributed by atoms with E-state index in [0.29, 0.717) is 36.7 Å². The van der Waals surface area contributed by atoms with Crippen molar-refractivity contribution in [3.05, 3.63) is 29.3 Å². The van der Waals surface area contributed by atoms with Crippen molar-refractivity contribution < 1.29 is 21.6 Å². The predicted molar refractivity (Wildman–Crippen MR) is 92.6 cm³/mol. The summed E-state index contributed by atoms with van der Waals surface area (Å²) in [6.45, 7) is 0.635. The fourth-order valence-electron chi connectivity index (χ4n) is 2.98. The Morgan fingerprint density at radius 1 is 1.29 bits per heavy atom. The number of halogens is 1. The predicted octanol–water partition coefficient (Wildman–Crippen LogP) is 1.56. The lowest BCUT2D eigenvalue weighted by molar-refractivity contribution is 0.0761. The zero-order valence-corrected chi connectivity index (χ0v) is 15.5. The number of ether oxygens (including phenoxy) is 1. The van der Waals surface area contributed by atoms with E-state index >= 15 is 0 Å². The number of hydrogen-bond donors (Lipinski definition) is 0. The quantitative estimate of drug-likeness (QED) is 0.732. The maximum Gasteiger partial charge on any atom is 0.214 e. The largest absolute Gasteiger partial charge is 0.488 e. The summed E-state index contributed by atoms with van der Waals surface area (Å²) in [7, 11) is -6.31.